The van der Waals surface area contributed by atoms with Crippen molar-refractivity contribution < 1.29 is 9.90 Å². The quantitative estimate of drug-likeness (QED) is 0.589. The number of thiazole rings is 1. The highest BCUT2D eigenvalue weighted by atomic mass is 32.1. The van der Waals surface area contributed by atoms with E-state index in [0.29, 0.717) is 5.69 Å². The van der Waals surface area contributed by atoms with Crippen LogP contribution >= 0.6 is 11.3 Å². The highest BCUT2D eigenvalue weighted by Crippen LogP contribution is 2.32. The number of carbonyl (C=O) groups is 1. The van der Waals surface area contributed by atoms with E-state index >= 15 is 0 Å². The van der Waals surface area contributed by atoms with E-state index < -0.39 is 5.97 Å². The molecule has 4 nitrogen and oxygen atoms in total. The van der Waals surface area contributed by atoms with Crippen LogP contribution in [0.4, 0.5) is 0 Å². The molecule has 0 bridgehead atoms. The van der Waals surface area contributed by atoms with Gasteiger partial charge in [0.15, 0.2) is 0 Å². The number of aromatic nitrogens is 2. The number of pyridine rings is 1. The SMILES string of the molecule is O=C(O)c1cccc(-c2nc3cc(-c4ccccc4)ccc3s2)n1. The fraction of sp³-hybridized carbons (Fsp3) is 0. The van der Waals surface area contributed by atoms with Crippen LogP contribution in [0.25, 0.3) is 32.0 Å². The second kappa shape index (κ2) is 5.86. The van der Waals surface area contributed by atoms with Crippen molar-refractivity contribution in [2.24, 2.45) is 0 Å². The summed E-state index contributed by atoms with van der Waals surface area (Å²) < 4.78 is 1.05. The molecular weight excluding hydrogens is 320 g/mol. The van der Waals surface area contributed by atoms with E-state index in [1.807, 2.05) is 30.3 Å². The van der Waals surface area contributed by atoms with Crippen LogP contribution in [0, 0.1) is 0 Å². The molecule has 4 aromatic rings. The van der Waals surface area contributed by atoms with E-state index in [1.54, 1.807) is 12.1 Å². The standard InChI is InChI=1S/C19H12N2O2S/c22-19(23)15-8-4-7-14(20-15)18-21-16-11-13(9-10-17(16)24-18)12-5-2-1-3-6-12/h1-11H,(H,22,23). The Morgan fingerprint density at radius 2 is 1.71 bits per heavy atom. The Hall–Kier alpha value is -3.05. The summed E-state index contributed by atoms with van der Waals surface area (Å²) in [5.74, 6) is -1.04. The third-order valence-corrected chi connectivity index (χ3v) is 4.74. The lowest BCUT2D eigenvalue weighted by Gasteiger charge is -2.00. The zero-order valence-electron chi connectivity index (χ0n) is 12.5. The number of nitrogens with zero attached hydrogens (tertiary/aromatic N) is 2. The molecule has 0 aliphatic rings. The summed E-state index contributed by atoms with van der Waals surface area (Å²) in [6, 6.07) is 21.2. The van der Waals surface area contributed by atoms with Crippen molar-refractivity contribution in [2.75, 3.05) is 0 Å². The molecule has 0 saturated heterocycles. The molecule has 0 fully saturated rings. The van der Waals surface area contributed by atoms with Gasteiger partial charge in [0.1, 0.15) is 10.7 Å². The number of hydrogen-bond donors (Lipinski definition) is 1. The van der Waals surface area contributed by atoms with E-state index in [1.165, 1.54) is 17.4 Å². The summed E-state index contributed by atoms with van der Waals surface area (Å²) in [5.41, 5.74) is 3.74. The molecule has 0 amide bonds. The minimum Gasteiger partial charge on any atom is -0.477 e. The fourth-order valence-electron chi connectivity index (χ4n) is 2.52. The molecule has 4 rings (SSSR count). The van der Waals surface area contributed by atoms with E-state index in [0.717, 1.165) is 26.4 Å². The van der Waals surface area contributed by atoms with Crippen LogP contribution < -0.4 is 0 Å². The number of rotatable bonds is 3. The van der Waals surface area contributed by atoms with E-state index in [4.69, 9.17) is 5.11 Å². The molecule has 5 heteroatoms. The van der Waals surface area contributed by atoms with Crippen LogP contribution in [0.1, 0.15) is 10.5 Å². The van der Waals surface area contributed by atoms with Crippen LogP contribution in [-0.2, 0) is 0 Å². The van der Waals surface area contributed by atoms with Gasteiger partial charge < -0.3 is 5.11 Å². The number of hydrogen-bond acceptors (Lipinski definition) is 4. The number of aromatic carboxylic acids is 1. The molecule has 0 atom stereocenters. The molecule has 0 aliphatic carbocycles. The van der Waals surface area contributed by atoms with E-state index in [9.17, 15) is 4.79 Å². The van der Waals surface area contributed by atoms with Crippen molar-refractivity contribution >= 4 is 27.5 Å². The maximum Gasteiger partial charge on any atom is 0.354 e. The summed E-state index contributed by atoms with van der Waals surface area (Å²) in [6.07, 6.45) is 0. The largest absolute Gasteiger partial charge is 0.477 e. The van der Waals surface area contributed by atoms with Crippen LogP contribution in [-0.4, -0.2) is 21.0 Å². The summed E-state index contributed by atoms with van der Waals surface area (Å²) >= 11 is 1.51. The van der Waals surface area contributed by atoms with Gasteiger partial charge in [0.25, 0.3) is 0 Å². The maximum atomic E-state index is 11.1. The van der Waals surface area contributed by atoms with Gasteiger partial charge in [-0.1, -0.05) is 42.5 Å². The normalized spacial score (nSPS) is 10.8. The molecule has 24 heavy (non-hydrogen) atoms. The third-order valence-electron chi connectivity index (χ3n) is 3.68. The van der Waals surface area contributed by atoms with Crippen molar-refractivity contribution in [3.05, 3.63) is 72.4 Å². The Balaban J connectivity index is 1.79. The highest BCUT2D eigenvalue weighted by molar-refractivity contribution is 7.21. The first-order valence-corrected chi connectivity index (χ1v) is 8.19. The average molecular weight is 332 g/mol. The van der Waals surface area contributed by atoms with Gasteiger partial charge in [-0.05, 0) is 35.4 Å². The van der Waals surface area contributed by atoms with Crippen molar-refractivity contribution in [2.45, 2.75) is 0 Å². The molecule has 2 heterocycles. The van der Waals surface area contributed by atoms with Crippen molar-refractivity contribution in [1.29, 1.82) is 0 Å². The lowest BCUT2D eigenvalue weighted by atomic mass is 10.1. The zero-order chi connectivity index (χ0) is 16.5. The van der Waals surface area contributed by atoms with Gasteiger partial charge in [-0.15, -0.1) is 11.3 Å². The van der Waals surface area contributed by atoms with E-state index in [-0.39, 0.29) is 5.69 Å². The Labute approximate surface area is 142 Å². The maximum absolute atomic E-state index is 11.1. The number of carboxylic acids is 1. The third kappa shape index (κ3) is 2.66. The summed E-state index contributed by atoms with van der Waals surface area (Å²) in [5, 5.41) is 9.80. The molecule has 0 unspecified atom stereocenters. The Kier molecular flexibility index (Phi) is 3.55. The molecule has 0 spiro atoms. The molecule has 2 aromatic heterocycles. The predicted molar refractivity (Wildman–Crippen MR) is 95.2 cm³/mol. The zero-order valence-corrected chi connectivity index (χ0v) is 13.3. The molecule has 0 aliphatic heterocycles. The van der Waals surface area contributed by atoms with Crippen LogP contribution in [0.5, 0.6) is 0 Å². The lowest BCUT2D eigenvalue weighted by Crippen LogP contribution is -2.00. The molecule has 1 N–H and O–H groups in total. The van der Waals surface area contributed by atoms with Crippen LogP contribution in [0.2, 0.25) is 0 Å². The lowest BCUT2D eigenvalue weighted by molar-refractivity contribution is 0.0690. The van der Waals surface area contributed by atoms with Gasteiger partial charge in [0.05, 0.1) is 15.9 Å². The first-order chi connectivity index (χ1) is 11.7. The number of benzene rings is 2. The van der Waals surface area contributed by atoms with E-state index in [2.05, 4.69) is 28.2 Å². The van der Waals surface area contributed by atoms with Gasteiger partial charge in [-0.2, -0.15) is 0 Å². The highest BCUT2D eigenvalue weighted by Gasteiger charge is 2.11. The summed E-state index contributed by atoms with van der Waals surface area (Å²) in [4.78, 5) is 19.9. The second-order valence-electron chi connectivity index (χ2n) is 5.28. The van der Waals surface area contributed by atoms with Crippen molar-refractivity contribution in [1.82, 2.24) is 9.97 Å². The average Bonchev–Trinajstić information content (AvgIpc) is 3.06. The smallest absolute Gasteiger partial charge is 0.354 e. The van der Waals surface area contributed by atoms with Gasteiger partial charge in [0.2, 0.25) is 0 Å². The summed E-state index contributed by atoms with van der Waals surface area (Å²) in [7, 11) is 0. The van der Waals surface area contributed by atoms with Gasteiger partial charge in [-0.25, -0.2) is 14.8 Å². The first kappa shape index (κ1) is 14.5. The van der Waals surface area contributed by atoms with Crippen LogP contribution in [0.15, 0.2) is 66.7 Å². The van der Waals surface area contributed by atoms with Crippen molar-refractivity contribution in [3.8, 4) is 21.8 Å². The molecule has 2 aromatic carbocycles. The van der Waals surface area contributed by atoms with Gasteiger partial charge >= 0.3 is 5.97 Å². The molecule has 0 radical (unpaired) electrons. The second-order valence-corrected chi connectivity index (χ2v) is 6.31. The van der Waals surface area contributed by atoms with Gasteiger partial charge in [-0.3, -0.25) is 0 Å². The summed E-state index contributed by atoms with van der Waals surface area (Å²) in [6.45, 7) is 0. The minimum absolute atomic E-state index is 0.0248. The molecule has 0 saturated carbocycles. The van der Waals surface area contributed by atoms with Crippen molar-refractivity contribution in [3.63, 3.8) is 0 Å². The monoisotopic (exact) mass is 332 g/mol. The van der Waals surface area contributed by atoms with Gasteiger partial charge in [0, 0.05) is 0 Å². The molecule has 116 valence electrons. The topological polar surface area (TPSA) is 63.1 Å². The minimum atomic E-state index is -1.04. The fourth-order valence-corrected chi connectivity index (χ4v) is 3.44. The first-order valence-electron chi connectivity index (χ1n) is 7.37. The number of carboxylic acid groups (broad SMARTS) is 1. The Morgan fingerprint density at radius 1 is 0.875 bits per heavy atom. The molecular formula is C19H12N2O2S. The Morgan fingerprint density at radius 3 is 2.50 bits per heavy atom. The predicted octanol–water partition coefficient (Wildman–Crippen LogP) is 4.72. The van der Waals surface area contributed by atoms with Crippen LogP contribution in [0.3, 0.4) is 0 Å². The Bertz CT molecular complexity index is 1040. The number of fused-ring (bicyclic) bond motifs is 1.